The molecule has 0 aliphatic carbocycles. The zero-order valence-corrected chi connectivity index (χ0v) is 7.99. The molecule has 0 spiro atoms. The van der Waals surface area contributed by atoms with E-state index in [2.05, 4.69) is 0 Å². The van der Waals surface area contributed by atoms with Gasteiger partial charge in [0.05, 0.1) is 0 Å². The molecule has 0 saturated carbocycles. The van der Waals surface area contributed by atoms with Gasteiger partial charge in [0.25, 0.3) is 0 Å². The SMILES string of the molecule is [Pd].[Pd].[Pd].[Sc]. The molecule has 0 N–H and O–H groups in total. The van der Waals surface area contributed by atoms with Crippen molar-refractivity contribution in [1.82, 2.24) is 0 Å². The smallest absolute Gasteiger partial charge is 0 e. The first-order valence-corrected chi connectivity index (χ1v) is 0. The monoisotopic (exact) mass is 363 g/mol. The summed E-state index contributed by atoms with van der Waals surface area (Å²) in [7, 11) is 0. The van der Waals surface area contributed by atoms with Gasteiger partial charge in [0.15, 0.2) is 0 Å². The molecule has 33 valence electrons. The first-order chi connectivity index (χ1) is 0. The fourth-order valence-electron chi connectivity index (χ4n) is 0. The maximum Gasteiger partial charge on any atom is 0 e. The molecule has 0 rings (SSSR count). The van der Waals surface area contributed by atoms with Gasteiger partial charge in [-0.05, 0) is 0 Å². The second-order valence-corrected chi connectivity index (χ2v) is 0. The summed E-state index contributed by atoms with van der Waals surface area (Å²) in [6.07, 6.45) is 0. The predicted molar refractivity (Wildman–Crippen MR) is 0 cm³/mol. The van der Waals surface area contributed by atoms with Crippen molar-refractivity contribution < 1.29 is 87.1 Å². The molecule has 0 aliphatic rings. The van der Waals surface area contributed by atoms with Gasteiger partial charge in [-0.2, -0.15) is 0 Å². The van der Waals surface area contributed by atoms with Crippen LogP contribution in [0.3, 0.4) is 0 Å². The first kappa shape index (κ1) is 28.8. The van der Waals surface area contributed by atoms with Gasteiger partial charge in [0, 0.05) is 87.1 Å². The summed E-state index contributed by atoms with van der Waals surface area (Å²) in [6, 6.07) is 0. The Bertz CT molecular complexity index is 3.25. The molecular formula is Pd3Sc. The van der Waals surface area contributed by atoms with E-state index in [1.54, 1.807) is 0 Å². The first-order valence-electron chi connectivity index (χ1n) is 0. The quantitative estimate of drug-likeness (QED) is 0.531. The Morgan fingerprint density at radius 2 is 0.500 bits per heavy atom. The zero-order chi connectivity index (χ0) is 0. The largest absolute Gasteiger partial charge is 0 e. The van der Waals surface area contributed by atoms with E-state index in [0.717, 1.165) is 0 Å². The molecule has 0 heterocycles. The zero-order valence-electron chi connectivity index (χ0n) is 1.53. The van der Waals surface area contributed by atoms with Crippen molar-refractivity contribution in [2.24, 2.45) is 0 Å². The third-order valence-electron chi connectivity index (χ3n) is 0. The summed E-state index contributed by atoms with van der Waals surface area (Å²) in [5.41, 5.74) is 0. The molecule has 0 aliphatic heterocycles. The number of rotatable bonds is 0. The van der Waals surface area contributed by atoms with Crippen molar-refractivity contribution in [3.63, 3.8) is 0 Å². The molecule has 0 atom stereocenters. The fourth-order valence-corrected chi connectivity index (χ4v) is 0. The summed E-state index contributed by atoms with van der Waals surface area (Å²) < 4.78 is 0. The molecule has 0 aromatic carbocycles. The van der Waals surface area contributed by atoms with E-state index in [1.807, 2.05) is 0 Å². The Morgan fingerprint density at radius 1 is 0.500 bits per heavy atom. The molecule has 1 radical (unpaired) electrons. The average Bonchev–Trinajstić information content (AvgIpc) is 0. The van der Waals surface area contributed by atoms with E-state index in [-0.39, 0.29) is 87.1 Å². The van der Waals surface area contributed by atoms with E-state index in [0.29, 0.717) is 0 Å². The molecular weight excluding hydrogens is 364 g/mol. The van der Waals surface area contributed by atoms with Crippen LogP contribution < -0.4 is 0 Å². The van der Waals surface area contributed by atoms with Crippen LogP contribution in [0.15, 0.2) is 0 Å². The third-order valence-corrected chi connectivity index (χ3v) is 0. The summed E-state index contributed by atoms with van der Waals surface area (Å²) >= 11 is 0. The minimum absolute atomic E-state index is 0. The van der Waals surface area contributed by atoms with Crippen LogP contribution in [0.1, 0.15) is 0 Å². The molecule has 0 amide bonds. The second kappa shape index (κ2) is 16.9. The number of hydrogen-bond donors (Lipinski definition) is 0. The minimum Gasteiger partial charge on any atom is 0 e. The fraction of sp³-hybridized carbons (Fsp3) is 0. The van der Waals surface area contributed by atoms with Crippen molar-refractivity contribution in [3.05, 3.63) is 0 Å². The van der Waals surface area contributed by atoms with Crippen molar-refractivity contribution in [3.8, 4) is 0 Å². The van der Waals surface area contributed by atoms with Crippen molar-refractivity contribution in [2.45, 2.75) is 0 Å². The summed E-state index contributed by atoms with van der Waals surface area (Å²) in [6.45, 7) is 0. The number of hydrogen-bond acceptors (Lipinski definition) is 0. The van der Waals surface area contributed by atoms with Crippen LogP contribution in [-0.2, 0) is 87.1 Å². The average molecular weight is 364 g/mol. The Morgan fingerprint density at radius 3 is 0.500 bits per heavy atom. The van der Waals surface area contributed by atoms with Crippen molar-refractivity contribution >= 4 is 0 Å². The van der Waals surface area contributed by atoms with Crippen LogP contribution in [0.2, 0.25) is 0 Å². The molecule has 0 unspecified atom stereocenters. The van der Waals surface area contributed by atoms with E-state index >= 15 is 0 Å². The molecule has 0 fully saturated rings. The Balaban J connectivity index is 0. The van der Waals surface area contributed by atoms with E-state index in [9.17, 15) is 0 Å². The molecule has 4 heteroatoms. The molecule has 0 aromatic heterocycles. The van der Waals surface area contributed by atoms with E-state index in [4.69, 9.17) is 0 Å². The Kier molecular flexibility index (Phi) is 122. The minimum atomic E-state index is 0. The maximum absolute atomic E-state index is 0. The topological polar surface area (TPSA) is 0 Å². The van der Waals surface area contributed by atoms with Gasteiger partial charge < -0.3 is 0 Å². The van der Waals surface area contributed by atoms with Crippen LogP contribution in [0.4, 0.5) is 0 Å². The van der Waals surface area contributed by atoms with Gasteiger partial charge in [-0.15, -0.1) is 0 Å². The van der Waals surface area contributed by atoms with Gasteiger partial charge >= 0.3 is 0 Å². The maximum atomic E-state index is 0. The van der Waals surface area contributed by atoms with E-state index < -0.39 is 0 Å². The molecule has 0 aromatic rings. The second-order valence-electron chi connectivity index (χ2n) is 0. The molecule has 0 nitrogen and oxygen atoms in total. The third kappa shape index (κ3) is 8.85. The van der Waals surface area contributed by atoms with Gasteiger partial charge in [0.2, 0.25) is 0 Å². The van der Waals surface area contributed by atoms with E-state index in [1.165, 1.54) is 0 Å². The van der Waals surface area contributed by atoms with Crippen LogP contribution in [0, 0.1) is 0 Å². The summed E-state index contributed by atoms with van der Waals surface area (Å²) in [5, 5.41) is 0. The molecule has 0 saturated heterocycles. The molecule has 4 heavy (non-hydrogen) atoms. The van der Waals surface area contributed by atoms with Gasteiger partial charge in [-0.25, -0.2) is 0 Å². The van der Waals surface area contributed by atoms with Gasteiger partial charge in [-0.1, -0.05) is 0 Å². The Labute approximate surface area is 85.6 Å². The van der Waals surface area contributed by atoms with Crippen molar-refractivity contribution in [2.75, 3.05) is 0 Å². The van der Waals surface area contributed by atoms with Crippen LogP contribution in [0.5, 0.6) is 0 Å². The standard InChI is InChI=1S/3Pd.Sc. The van der Waals surface area contributed by atoms with Crippen LogP contribution >= 0.6 is 0 Å². The van der Waals surface area contributed by atoms with Gasteiger partial charge in [-0.3, -0.25) is 0 Å². The molecule has 0 bridgehead atoms. The Hall–Kier alpha value is 2.86. The summed E-state index contributed by atoms with van der Waals surface area (Å²) in [4.78, 5) is 0. The van der Waals surface area contributed by atoms with Crippen LogP contribution in [0.25, 0.3) is 0 Å². The summed E-state index contributed by atoms with van der Waals surface area (Å²) in [5.74, 6) is 0. The van der Waals surface area contributed by atoms with Gasteiger partial charge in [0.1, 0.15) is 0 Å². The van der Waals surface area contributed by atoms with Crippen molar-refractivity contribution in [1.29, 1.82) is 0 Å². The predicted octanol–water partition coefficient (Wildman–Crippen LogP) is -0.0100. The van der Waals surface area contributed by atoms with Crippen LogP contribution in [-0.4, -0.2) is 0 Å². The normalized spacial score (nSPS) is 0.